The van der Waals surface area contributed by atoms with Gasteiger partial charge in [0.1, 0.15) is 11.3 Å². The molecule has 7 heteroatoms. The van der Waals surface area contributed by atoms with Crippen LogP contribution in [0.2, 0.25) is 5.02 Å². The zero-order chi connectivity index (χ0) is 15.9. The highest BCUT2D eigenvalue weighted by atomic mass is 35.5. The standard InChI is InChI=1S/C15H16ClN5O/c1-9-18-19-12-7-11(16)14(20-21(9)12)10-5-6-13(17-8-10)22-15(2,3)4/h5-8H,1-4H3. The average Bonchev–Trinajstić information content (AvgIpc) is 2.78. The summed E-state index contributed by atoms with van der Waals surface area (Å²) in [5.41, 5.74) is 1.77. The van der Waals surface area contributed by atoms with Crippen LogP contribution in [0.4, 0.5) is 0 Å². The van der Waals surface area contributed by atoms with Crippen molar-refractivity contribution < 1.29 is 4.74 Å². The molecule has 3 heterocycles. The summed E-state index contributed by atoms with van der Waals surface area (Å²) in [6, 6.07) is 5.43. The Labute approximate surface area is 133 Å². The topological polar surface area (TPSA) is 65.2 Å². The Morgan fingerprint density at radius 1 is 1.18 bits per heavy atom. The molecule has 0 aliphatic heterocycles. The van der Waals surface area contributed by atoms with Gasteiger partial charge < -0.3 is 4.74 Å². The summed E-state index contributed by atoms with van der Waals surface area (Å²) in [7, 11) is 0. The van der Waals surface area contributed by atoms with Gasteiger partial charge in [-0.25, -0.2) is 4.98 Å². The molecular formula is C15H16ClN5O. The van der Waals surface area contributed by atoms with Crippen LogP contribution in [0.1, 0.15) is 26.6 Å². The molecule has 0 amide bonds. The highest BCUT2D eigenvalue weighted by Crippen LogP contribution is 2.27. The average molecular weight is 318 g/mol. The third-order valence-corrected chi connectivity index (χ3v) is 3.21. The lowest BCUT2D eigenvalue weighted by Crippen LogP contribution is -2.23. The minimum absolute atomic E-state index is 0.289. The number of ether oxygens (including phenoxy) is 1. The monoisotopic (exact) mass is 317 g/mol. The second-order valence-corrected chi connectivity index (χ2v) is 6.36. The van der Waals surface area contributed by atoms with E-state index in [1.54, 1.807) is 16.8 Å². The first-order valence-electron chi connectivity index (χ1n) is 6.87. The summed E-state index contributed by atoms with van der Waals surface area (Å²) < 4.78 is 7.36. The first-order chi connectivity index (χ1) is 10.3. The first kappa shape index (κ1) is 14.7. The van der Waals surface area contributed by atoms with Crippen molar-refractivity contribution in [3.05, 3.63) is 35.2 Å². The molecule has 22 heavy (non-hydrogen) atoms. The highest BCUT2D eigenvalue weighted by molar-refractivity contribution is 6.33. The summed E-state index contributed by atoms with van der Waals surface area (Å²) in [5, 5.41) is 13.0. The van der Waals surface area contributed by atoms with Gasteiger partial charge in [-0.2, -0.15) is 9.61 Å². The summed E-state index contributed by atoms with van der Waals surface area (Å²) in [5.74, 6) is 1.27. The van der Waals surface area contributed by atoms with E-state index in [0.29, 0.717) is 28.1 Å². The Morgan fingerprint density at radius 2 is 1.95 bits per heavy atom. The van der Waals surface area contributed by atoms with Crippen molar-refractivity contribution >= 4 is 17.2 Å². The minimum atomic E-state index is -0.289. The van der Waals surface area contributed by atoms with E-state index >= 15 is 0 Å². The van der Waals surface area contributed by atoms with Crippen LogP contribution in [0, 0.1) is 6.92 Å². The Balaban J connectivity index is 2.00. The van der Waals surface area contributed by atoms with E-state index in [-0.39, 0.29) is 5.60 Å². The van der Waals surface area contributed by atoms with Crippen LogP contribution < -0.4 is 4.74 Å². The molecule has 6 nitrogen and oxygen atoms in total. The third-order valence-electron chi connectivity index (χ3n) is 2.92. The molecule has 3 aromatic rings. The van der Waals surface area contributed by atoms with Gasteiger partial charge in [-0.15, -0.1) is 10.2 Å². The molecule has 0 N–H and O–H groups in total. The zero-order valence-corrected chi connectivity index (χ0v) is 13.6. The molecular weight excluding hydrogens is 302 g/mol. The number of hydrogen-bond acceptors (Lipinski definition) is 5. The van der Waals surface area contributed by atoms with Crippen LogP contribution in [-0.4, -0.2) is 30.4 Å². The predicted molar refractivity (Wildman–Crippen MR) is 84.1 cm³/mol. The maximum absolute atomic E-state index is 6.29. The van der Waals surface area contributed by atoms with Crippen molar-refractivity contribution in [2.24, 2.45) is 0 Å². The molecule has 0 aromatic carbocycles. The van der Waals surface area contributed by atoms with Gasteiger partial charge in [0.05, 0.1) is 5.02 Å². The number of pyridine rings is 1. The van der Waals surface area contributed by atoms with Crippen molar-refractivity contribution in [2.75, 3.05) is 0 Å². The van der Waals surface area contributed by atoms with Gasteiger partial charge in [-0.05, 0) is 33.8 Å². The molecule has 3 aromatic heterocycles. The van der Waals surface area contributed by atoms with Crippen LogP contribution in [0.15, 0.2) is 24.4 Å². The lowest BCUT2D eigenvalue weighted by Gasteiger charge is -2.20. The van der Waals surface area contributed by atoms with Gasteiger partial charge in [0.2, 0.25) is 5.88 Å². The van der Waals surface area contributed by atoms with E-state index in [1.165, 1.54) is 0 Å². The fraction of sp³-hybridized carbons (Fsp3) is 0.333. The van der Waals surface area contributed by atoms with E-state index in [4.69, 9.17) is 16.3 Å². The lowest BCUT2D eigenvalue weighted by atomic mass is 10.2. The van der Waals surface area contributed by atoms with E-state index in [9.17, 15) is 0 Å². The first-order valence-corrected chi connectivity index (χ1v) is 7.25. The quantitative estimate of drug-likeness (QED) is 0.725. The van der Waals surface area contributed by atoms with Crippen LogP contribution in [-0.2, 0) is 0 Å². The Bertz CT molecular complexity index is 820. The molecule has 3 rings (SSSR count). The third kappa shape index (κ3) is 2.87. The summed E-state index contributed by atoms with van der Waals surface area (Å²) in [6.45, 7) is 7.76. The molecule has 0 aliphatic rings. The molecule has 0 saturated carbocycles. The predicted octanol–water partition coefficient (Wildman–Crippen LogP) is 3.33. The number of rotatable bonds is 2. The summed E-state index contributed by atoms with van der Waals surface area (Å²) >= 11 is 6.29. The second-order valence-electron chi connectivity index (χ2n) is 5.96. The van der Waals surface area contributed by atoms with E-state index in [0.717, 1.165) is 5.56 Å². The van der Waals surface area contributed by atoms with Crippen molar-refractivity contribution in [3.63, 3.8) is 0 Å². The zero-order valence-electron chi connectivity index (χ0n) is 12.8. The summed E-state index contributed by atoms with van der Waals surface area (Å²) in [4.78, 5) is 4.31. The molecule has 0 bridgehead atoms. The van der Waals surface area contributed by atoms with Gasteiger partial charge in [0.15, 0.2) is 11.5 Å². The number of aromatic nitrogens is 5. The fourth-order valence-electron chi connectivity index (χ4n) is 2.01. The van der Waals surface area contributed by atoms with Gasteiger partial charge >= 0.3 is 0 Å². The molecule has 0 unspecified atom stereocenters. The molecule has 0 fully saturated rings. The summed E-state index contributed by atoms with van der Waals surface area (Å²) in [6.07, 6.45) is 1.70. The van der Waals surface area contributed by atoms with E-state index in [1.807, 2.05) is 39.8 Å². The van der Waals surface area contributed by atoms with Crippen molar-refractivity contribution in [2.45, 2.75) is 33.3 Å². The Kier molecular flexibility index (Phi) is 3.48. The number of hydrogen-bond donors (Lipinski definition) is 0. The van der Waals surface area contributed by atoms with E-state index in [2.05, 4.69) is 20.3 Å². The Hall–Kier alpha value is -2.21. The van der Waals surface area contributed by atoms with Gasteiger partial charge in [-0.1, -0.05) is 11.6 Å². The fourth-order valence-corrected chi connectivity index (χ4v) is 2.25. The van der Waals surface area contributed by atoms with Crippen LogP contribution in [0.3, 0.4) is 0 Å². The van der Waals surface area contributed by atoms with Crippen molar-refractivity contribution in [1.82, 2.24) is 24.8 Å². The molecule has 114 valence electrons. The highest BCUT2D eigenvalue weighted by Gasteiger charge is 2.14. The van der Waals surface area contributed by atoms with E-state index < -0.39 is 0 Å². The van der Waals surface area contributed by atoms with Crippen LogP contribution >= 0.6 is 11.6 Å². The maximum atomic E-state index is 6.29. The Morgan fingerprint density at radius 3 is 2.59 bits per heavy atom. The SMILES string of the molecule is Cc1nnc2cc(Cl)c(-c3ccc(OC(C)(C)C)nc3)nn12. The number of nitrogens with zero attached hydrogens (tertiary/aromatic N) is 5. The number of halogens is 1. The largest absolute Gasteiger partial charge is 0.472 e. The van der Waals surface area contributed by atoms with Gasteiger partial charge in [0.25, 0.3) is 0 Å². The number of aryl methyl sites for hydroxylation is 1. The van der Waals surface area contributed by atoms with Gasteiger partial charge in [0, 0.05) is 23.9 Å². The van der Waals surface area contributed by atoms with Gasteiger partial charge in [-0.3, -0.25) is 0 Å². The molecule has 0 atom stereocenters. The number of fused-ring (bicyclic) bond motifs is 1. The van der Waals surface area contributed by atoms with Crippen LogP contribution in [0.5, 0.6) is 5.88 Å². The minimum Gasteiger partial charge on any atom is -0.472 e. The second kappa shape index (κ2) is 5.21. The van der Waals surface area contributed by atoms with Crippen molar-refractivity contribution in [3.8, 4) is 17.1 Å². The smallest absolute Gasteiger partial charge is 0.213 e. The maximum Gasteiger partial charge on any atom is 0.213 e. The van der Waals surface area contributed by atoms with Crippen molar-refractivity contribution in [1.29, 1.82) is 0 Å². The lowest BCUT2D eigenvalue weighted by molar-refractivity contribution is 0.124. The molecule has 0 saturated heterocycles. The molecule has 0 spiro atoms. The molecule has 0 aliphatic carbocycles. The normalized spacial score (nSPS) is 11.9. The van der Waals surface area contributed by atoms with Crippen LogP contribution in [0.25, 0.3) is 16.9 Å². The molecule has 0 radical (unpaired) electrons.